The zero-order valence-corrected chi connectivity index (χ0v) is 11.6. The first-order valence-corrected chi connectivity index (χ1v) is 6.24. The van der Waals surface area contributed by atoms with Crippen molar-refractivity contribution in [1.82, 2.24) is 0 Å². The molecule has 0 amide bonds. The number of carbonyl (C=O) groups excluding carboxylic acids is 1. The molecule has 0 atom stereocenters. The number of hydrogen-bond acceptors (Lipinski definition) is 3. The molecule has 0 unspecified atom stereocenters. The predicted molar refractivity (Wildman–Crippen MR) is 63.9 cm³/mol. The van der Waals surface area contributed by atoms with Gasteiger partial charge >= 0.3 is 6.18 Å². The van der Waals surface area contributed by atoms with E-state index in [-0.39, 0.29) is 9.80 Å². The van der Waals surface area contributed by atoms with Crippen molar-refractivity contribution in [2.75, 3.05) is 5.33 Å². The molecule has 1 aromatic carbocycles. The van der Waals surface area contributed by atoms with Gasteiger partial charge in [0.15, 0.2) is 5.78 Å². The van der Waals surface area contributed by atoms with Gasteiger partial charge < -0.3 is 0 Å². The number of carbonyl (C=O) groups is 1. The van der Waals surface area contributed by atoms with Gasteiger partial charge in [-0.25, -0.2) is 0 Å². The van der Waals surface area contributed by atoms with Crippen molar-refractivity contribution in [2.24, 2.45) is 0 Å². The number of nitrogens with zero attached hydrogens (tertiary/aromatic N) is 1. The van der Waals surface area contributed by atoms with Gasteiger partial charge in [-0.3, -0.25) is 14.9 Å². The molecule has 0 heterocycles. The highest BCUT2D eigenvalue weighted by Gasteiger charge is 2.41. The number of rotatable bonds is 3. The molecule has 4 nitrogen and oxygen atoms in total. The number of Topliss-reactive ketones (excluding diaryl/α,β-unsaturated/α-hetero) is 1. The second-order valence-electron chi connectivity index (χ2n) is 3.16. The minimum Gasteiger partial charge on any atom is -0.293 e. The maximum Gasteiger partial charge on any atom is 0.423 e. The molecule has 0 spiro atoms. The Balaban J connectivity index is 3.67. The van der Waals surface area contributed by atoms with Gasteiger partial charge in [-0.2, -0.15) is 13.2 Å². The first-order chi connectivity index (χ1) is 8.18. The van der Waals surface area contributed by atoms with Gasteiger partial charge in [-0.05, 0) is 12.1 Å². The van der Waals surface area contributed by atoms with E-state index in [2.05, 4.69) is 31.9 Å². The number of ketones is 1. The Morgan fingerprint density at radius 3 is 2.33 bits per heavy atom. The van der Waals surface area contributed by atoms with E-state index in [4.69, 9.17) is 0 Å². The Kier molecular flexibility index (Phi) is 4.49. The fourth-order valence-electron chi connectivity index (χ4n) is 1.30. The fourth-order valence-corrected chi connectivity index (χ4v) is 2.06. The Bertz CT molecular complexity index is 517. The van der Waals surface area contributed by atoms with Crippen LogP contribution in [-0.2, 0) is 6.18 Å². The lowest BCUT2D eigenvalue weighted by Gasteiger charge is -2.10. The third-order valence-corrected chi connectivity index (χ3v) is 2.95. The summed E-state index contributed by atoms with van der Waals surface area (Å²) in [7, 11) is 0. The van der Waals surface area contributed by atoms with Crippen LogP contribution < -0.4 is 0 Å². The maximum atomic E-state index is 12.7. The van der Waals surface area contributed by atoms with E-state index in [1.807, 2.05) is 0 Å². The van der Waals surface area contributed by atoms with Crippen LogP contribution >= 0.6 is 31.9 Å². The Morgan fingerprint density at radius 1 is 1.39 bits per heavy atom. The molecule has 1 rings (SSSR count). The van der Waals surface area contributed by atoms with E-state index in [9.17, 15) is 28.1 Å². The molecule has 18 heavy (non-hydrogen) atoms. The summed E-state index contributed by atoms with van der Waals surface area (Å²) in [5.41, 5.74) is -3.26. The summed E-state index contributed by atoms with van der Waals surface area (Å²) >= 11 is 5.56. The highest BCUT2D eigenvalue weighted by Crippen LogP contribution is 2.40. The van der Waals surface area contributed by atoms with E-state index in [1.54, 1.807) is 0 Å². The number of hydrogen-bond donors (Lipinski definition) is 0. The summed E-state index contributed by atoms with van der Waals surface area (Å²) in [6.45, 7) is 0. The van der Waals surface area contributed by atoms with Crippen molar-refractivity contribution >= 4 is 43.3 Å². The molecular weight excluding hydrogens is 387 g/mol. The molecule has 0 bridgehead atoms. The van der Waals surface area contributed by atoms with E-state index in [1.165, 1.54) is 0 Å². The second kappa shape index (κ2) is 5.35. The lowest BCUT2D eigenvalue weighted by molar-refractivity contribution is -0.388. The van der Waals surface area contributed by atoms with Gasteiger partial charge in [0.05, 0.1) is 15.8 Å². The molecule has 0 aliphatic carbocycles. The highest BCUT2D eigenvalue weighted by molar-refractivity contribution is 9.10. The average Bonchev–Trinajstić information content (AvgIpc) is 2.25. The Hall–Kier alpha value is -0.960. The molecule has 0 saturated heterocycles. The monoisotopic (exact) mass is 389 g/mol. The van der Waals surface area contributed by atoms with Crippen molar-refractivity contribution in [1.29, 1.82) is 0 Å². The van der Waals surface area contributed by atoms with Crippen LogP contribution in [0.2, 0.25) is 0 Å². The smallest absolute Gasteiger partial charge is 0.293 e. The summed E-state index contributed by atoms with van der Waals surface area (Å²) in [5.74, 6) is -0.798. The van der Waals surface area contributed by atoms with Crippen LogP contribution in [0, 0.1) is 10.1 Å². The number of nitro benzene ring substituents is 1. The standard InChI is InChI=1S/C9H4Br2F3NO3/c10-3-7(16)5-1-4(11)2-6(9(12,13)14)8(5)15(17)18/h1-2H,3H2. The van der Waals surface area contributed by atoms with Crippen LogP contribution in [0.4, 0.5) is 18.9 Å². The molecule has 0 radical (unpaired) electrons. The lowest BCUT2D eigenvalue weighted by atomic mass is 10.0. The number of alkyl halides is 4. The second-order valence-corrected chi connectivity index (χ2v) is 4.64. The summed E-state index contributed by atoms with van der Waals surface area (Å²) in [6.07, 6.45) is -4.91. The molecule has 0 aromatic heterocycles. The van der Waals surface area contributed by atoms with Gasteiger partial charge in [-0.15, -0.1) is 0 Å². The molecule has 9 heteroatoms. The van der Waals surface area contributed by atoms with Crippen molar-refractivity contribution in [3.05, 3.63) is 37.8 Å². The molecule has 0 aliphatic heterocycles. The van der Waals surface area contributed by atoms with Crippen molar-refractivity contribution in [3.63, 3.8) is 0 Å². The minimum absolute atomic E-state index is 0.0512. The normalized spacial score (nSPS) is 11.4. The molecule has 0 saturated carbocycles. The SMILES string of the molecule is O=C(CBr)c1cc(Br)cc(C(F)(F)F)c1[N+](=O)[O-]. The van der Waals surface area contributed by atoms with Crippen LogP contribution in [-0.4, -0.2) is 16.0 Å². The first-order valence-electron chi connectivity index (χ1n) is 4.32. The fraction of sp³-hybridized carbons (Fsp3) is 0.222. The van der Waals surface area contributed by atoms with Gasteiger partial charge in [-0.1, -0.05) is 31.9 Å². The maximum absolute atomic E-state index is 12.7. The summed E-state index contributed by atoms with van der Waals surface area (Å²) in [6, 6.07) is 1.57. The minimum atomic E-state index is -4.91. The van der Waals surface area contributed by atoms with E-state index < -0.39 is 33.7 Å². The number of nitro groups is 1. The zero-order chi connectivity index (χ0) is 14.1. The summed E-state index contributed by atoms with van der Waals surface area (Å²) in [4.78, 5) is 21.0. The summed E-state index contributed by atoms with van der Waals surface area (Å²) in [5, 5.41) is 10.4. The van der Waals surface area contributed by atoms with Crippen molar-refractivity contribution < 1.29 is 22.9 Å². The number of halogens is 5. The van der Waals surface area contributed by atoms with Gasteiger partial charge in [0, 0.05) is 4.47 Å². The third kappa shape index (κ3) is 3.08. The molecular formula is C9H4Br2F3NO3. The van der Waals surface area contributed by atoms with Crippen molar-refractivity contribution in [2.45, 2.75) is 6.18 Å². The van der Waals surface area contributed by atoms with Crippen LogP contribution in [0.1, 0.15) is 15.9 Å². The van der Waals surface area contributed by atoms with Crippen molar-refractivity contribution in [3.8, 4) is 0 Å². The Labute approximate surface area is 116 Å². The van der Waals surface area contributed by atoms with Gasteiger partial charge in [0.2, 0.25) is 0 Å². The summed E-state index contributed by atoms with van der Waals surface area (Å²) < 4.78 is 38.0. The van der Waals surface area contributed by atoms with Crippen LogP contribution in [0.15, 0.2) is 16.6 Å². The van der Waals surface area contributed by atoms with E-state index in [0.717, 1.165) is 6.07 Å². The third-order valence-electron chi connectivity index (χ3n) is 1.98. The van der Waals surface area contributed by atoms with Gasteiger partial charge in [0.1, 0.15) is 5.56 Å². The van der Waals surface area contributed by atoms with Crippen LogP contribution in [0.5, 0.6) is 0 Å². The average molecular weight is 391 g/mol. The largest absolute Gasteiger partial charge is 0.423 e. The number of benzene rings is 1. The quantitative estimate of drug-likeness (QED) is 0.340. The molecule has 0 aliphatic rings. The molecule has 98 valence electrons. The van der Waals surface area contributed by atoms with Crippen LogP contribution in [0.3, 0.4) is 0 Å². The first kappa shape index (κ1) is 15.1. The Morgan fingerprint density at radius 2 is 1.94 bits per heavy atom. The van der Waals surface area contributed by atoms with E-state index >= 15 is 0 Å². The zero-order valence-electron chi connectivity index (χ0n) is 8.42. The molecule has 1 aromatic rings. The van der Waals surface area contributed by atoms with Gasteiger partial charge in [0.25, 0.3) is 5.69 Å². The van der Waals surface area contributed by atoms with E-state index in [0.29, 0.717) is 6.07 Å². The topological polar surface area (TPSA) is 60.2 Å². The predicted octanol–water partition coefficient (Wildman–Crippen LogP) is 3.95. The molecule has 0 fully saturated rings. The van der Waals surface area contributed by atoms with Crippen LogP contribution in [0.25, 0.3) is 0 Å². The lowest BCUT2D eigenvalue weighted by Crippen LogP contribution is -2.14. The molecule has 0 N–H and O–H groups in total. The highest BCUT2D eigenvalue weighted by atomic mass is 79.9.